The van der Waals surface area contributed by atoms with Crippen LogP contribution in [0.4, 0.5) is 0 Å². The van der Waals surface area contributed by atoms with E-state index < -0.39 is 15.3 Å². The highest BCUT2D eigenvalue weighted by Gasteiger charge is 2.17. The number of nitrogens with zero attached hydrogens (tertiary/aromatic N) is 1. The number of sulfonamides is 1. The van der Waals surface area contributed by atoms with Crippen molar-refractivity contribution in [3.8, 4) is 0 Å². The summed E-state index contributed by atoms with van der Waals surface area (Å²) in [5.74, 6) is 0. The van der Waals surface area contributed by atoms with Crippen molar-refractivity contribution in [1.29, 1.82) is 0 Å². The Hall–Kier alpha value is -0.170. The van der Waals surface area contributed by atoms with Crippen LogP contribution >= 0.6 is 0 Å². The van der Waals surface area contributed by atoms with E-state index in [1.807, 2.05) is 0 Å². The largest absolute Gasteiger partial charge is 0.329 e. The van der Waals surface area contributed by atoms with E-state index in [1.165, 1.54) is 0 Å². The van der Waals surface area contributed by atoms with Gasteiger partial charge < -0.3 is 10.6 Å². The number of nitrogens with one attached hydrogen (secondary N) is 1. The molecule has 0 radical (unpaired) electrons. The lowest BCUT2D eigenvalue weighted by Crippen LogP contribution is -2.37. The Kier molecular flexibility index (Phi) is 7.94. The second kappa shape index (κ2) is 8.02. The second-order valence-electron chi connectivity index (χ2n) is 4.77. The van der Waals surface area contributed by atoms with Crippen LogP contribution in [0.3, 0.4) is 0 Å². The summed E-state index contributed by atoms with van der Waals surface area (Å²) in [6, 6.07) is 0.531. The Morgan fingerprint density at radius 1 is 1.24 bits per heavy atom. The van der Waals surface area contributed by atoms with Crippen LogP contribution in [0.25, 0.3) is 0 Å². The zero-order valence-electron chi connectivity index (χ0n) is 11.4. The van der Waals surface area contributed by atoms with Gasteiger partial charge in [0.2, 0.25) is 10.0 Å². The molecule has 0 rings (SSSR count). The molecule has 5 nitrogen and oxygen atoms in total. The van der Waals surface area contributed by atoms with Gasteiger partial charge in [-0.2, -0.15) is 0 Å². The van der Waals surface area contributed by atoms with Crippen molar-refractivity contribution in [2.45, 2.75) is 44.9 Å². The summed E-state index contributed by atoms with van der Waals surface area (Å²) in [4.78, 5) is 2.25. The van der Waals surface area contributed by atoms with Gasteiger partial charge in [-0.05, 0) is 47.2 Å². The van der Waals surface area contributed by atoms with Crippen molar-refractivity contribution in [2.24, 2.45) is 5.73 Å². The molecule has 0 aliphatic carbocycles. The zero-order valence-corrected chi connectivity index (χ0v) is 12.3. The predicted molar refractivity (Wildman–Crippen MR) is 72.4 cm³/mol. The third-order valence-corrected chi connectivity index (χ3v) is 4.84. The van der Waals surface area contributed by atoms with Gasteiger partial charge in [-0.15, -0.1) is 0 Å². The molecule has 104 valence electrons. The number of nitrogens with two attached hydrogens (primary N) is 1. The van der Waals surface area contributed by atoms with Gasteiger partial charge in [-0.1, -0.05) is 0 Å². The summed E-state index contributed by atoms with van der Waals surface area (Å²) >= 11 is 0. The van der Waals surface area contributed by atoms with Crippen LogP contribution in [0.5, 0.6) is 0 Å². The Balaban J connectivity index is 3.72. The van der Waals surface area contributed by atoms with Crippen molar-refractivity contribution >= 4 is 10.0 Å². The van der Waals surface area contributed by atoms with Gasteiger partial charge in [0, 0.05) is 19.1 Å². The lowest BCUT2D eigenvalue weighted by Gasteiger charge is -2.20. The Bertz CT molecular complexity index is 291. The van der Waals surface area contributed by atoms with E-state index in [1.54, 1.807) is 6.92 Å². The molecule has 0 aromatic rings. The Morgan fingerprint density at radius 2 is 1.82 bits per heavy atom. The van der Waals surface area contributed by atoms with Gasteiger partial charge in [0.05, 0.1) is 5.25 Å². The molecular formula is C11H27N3O2S. The van der Waals surface area contributed by atoms with Crippen LogP contribution in [0.15, 0.2) is 0 Å². The van der Waals surface area contributed by atoms with E-state index >= 15 is 0 Å². The highest BCUT2D eigenvalue weighted by Crippen LogP contribution is 1.99. The third-order valence-electron chi connectivity index (χ3n) is 2.98. The van der Waals surface area contributed by atoms with Crippen LogP contribution in [0.1, 0.15) is 33.6 Å². The highest BCUT2D eigenvalue weighted by atomic mass is 32.2. The summed E-state index contributed by atoms with van der Waals surface area (Å²) in [5, 5.41) is -0.513. The summed E-state index contributed by atoms with van der Waals surface area (Å²) in [6.45, 7) is 7.56. The van der Waals surface area contributed by atoms with Gasteiger partial charge in [-0.3, -0.25) is 0 Å². The Labute approximate surface area is 106 Å². The first kappa shape index (κ1) is 16.8. The normalized spacial score (nSPS) is 14.5. The smallest absolute Gasteiger partial charge is 0.215 e. The van der Waals surface area contributed by atoms with Crippen LogP contribution in [0.2, 0.25) is 0 Å². The molecular weight excluding hydrogens is 238 g/mol. The fourth-order valence-corrected chi connectivity index (χ4v) is 2.19. The first-order chi connectivity index (χ1) is 7.81. The van der Waals surface area contributed by atoms with Crippen molar-refractivity contribution in [1.82, 2.24) is 9.62 Å². The van der Waals surface area contributed by atoms with Crippen LogP contribution in [-0.4, -0.2) is 51.3 Å². The summed E-state index contributed by atoms with van der Waals surface area (Å²) in [7, 11) is -1.14. The zero-order chi connectivity index (χ0) is 13.5. The molecule has 0 spiro atoms. The summed E-state index contributed by atoms with van der Waals surface area (Å²) < 4.78 is 25.7. The molecule has 0 aromatic carbocycles. The molecule has 0 heterocycles. The van der Waals surface area contributed by atoms with E-state index in [9.17, 15) is 8.42 Å². The van der Waals surface area contributed by atoms with E-state index in [-0.39, 0.29) is 6.54 Å². The Morgan fingerprint density at radius 3 is 2.29 bits per heavy atom. The van der Waals surface area contributed by atoms with Crippen molar-refractivity contribution in [2.75, 3.05) is 26.7 Å². The van der Waals surface area contributed by atoms with E-state index in [4.69, 9.17) is 5.73 Å². The highest BCUT2D eigenvalue weighted by molar-refractivity contribution is 7.90. The molecule has 0 aliphatic rings. The maximum atomic E-state index is 11.6. The van der Waals surface area contributed by atoms with E-state index in [0.29, 0.717) is 12.6 Å². The molecule has 0 bridgehead atoms. The number of hydrogen-bond acceptors (Lipinski definition) is 4. The fourth-order valence-electron chi connectivity index (χ4n) is 1.23. The van der Waals surface area contributed by atoms with Crippen LogP contribution in [-0.2, 0) is 10.0 Å². The topological polar surface area (TPSA) is 75.4 Å². The molecule has 0 fully saturated rings. The fraction of sp³-hybridized carbons (Fsp3) is 1.00. The van der Waals surface area contributed by atoms with Crippen molar-refractivity contribution in [3.05, 3.63) is 0 Å². The first-order valence-electron chi connectivity index (χ1n) is 6.20. The number of rotatable bonds is 9. The van der Waals surface area contributed by atoms with E-state index in [2.05, 4.69) is 30.5 Å². The third kappa shape index (κ3) is 6.98. The van der Waals surface area contributed by atoms with Crippen molar-refractivity contribution < 1.29 is 8.42 Å². The van der Waals surface area contributed by atoms with Gasteiger partial charge >= 0.3 is 0 Å². The molecule has 0 amide bonds. The van der Waals surface area contributed by atoms with Crippen LogP contribution < -0.4 is 10.5 Å². The molecule has 0 aromatic heterocycles. The quantitative estimate of drug-likeness (QED) is 0.591. The van der Waals surface area contributed by atoms with Gasteiger partial charge in [-0.25, -0.2) is 13.1 Å². The lowest BCUT2D eigenvalue weighted by atomic mass is 10.2. The molecule has 0 saturated heterocycles. The lowest BCUT2D eigenvalue weighted by molar-refractivity contribution is 0.268. The minimum absolute atomic E-state index is 0.158. The molecule has 0 saturated carbocycles. The summed E-state index contributed by atoms with van der Waals surface area (Å²) in [6.07, 6.45) is 1.85. The minimum atomic E-state index is -3.22. The van der Waals surface area contributed by atoms with E-state index in [0.717, 1.165) is 19.4 Å². The summed E-state index contributed by atoms with van der Waals surface area (Å²) in [5.41, 5.74) is 5.34. The molecule has 1 unspecified atom stereocenters. The molecule has 0 aliphatic heterocycles. The number of unbranched alkanes of at least 4 members (excludes halogenated alkanes) is 1. The molecule has 17 heavy (non-hydrogen) atoms. The maximum absolute atomic E-state index is 11.6. The SMILES string of the molecule is CC(C)N(C)CCCCNS(=O)(=O)C(C)CN. The molecule has 3 N–H and O–H groups in total. The van der Waals surface area contributed by atoms with Gasteiger partial charge in [0.1, 0.15) is 0 Å². The van der Waals surface area contributed by atoms with Gasteiger partial charge in [0.25, 0.3) is 0 Å². The standard InChI is InChI=1S/C11H27N3O2S/c1-10(2)14(4)8-6-5-7-13-17(15,16)11(3)9-12/h10-11,13H,5-9,12H2,1-4H3. The predicted octanol–water partition coefficient (Wildman–Crippen LogP) is 0.373. The minimum Gasteiger partial charge on any atom is -0.329 e. The number of hydrogen-bond donors (Lipinski definition) is 2. The monoisotopic (exact) mass is 265 g/mol. The first-order valence-corrected chi connectivity index (χ1v) is 7.74. The maximum Gasteiger partial charge on any atom is 0.215 e. The van der Waals surface area contributed by atoms with Crippen LogP contribution in [0, 0.1) is 0 Å². The second-order valence-corrected chi connectivity index (χ2v) is 6.95. The van der Waals surface area contributed by atoms with Crippen molar-refractivity contribution in [3.63, 3.8) is 0 Å². The molecule has 1 atom stereocenters. The average molecular weight is 265 g/mol. The van der Waals surface area contributed by atoms with Gasteiger partial charge in [0.15, 0.2) is 0 Å². The average Bonchev–Trinajstić information content (AvgIpc) is 2.26. The molecule has 6 heteroatoms.